The lowest BCUT2D eigenvalue weighted by atomic mass is 9.71. The number of nitrogens with zero attached hydrogens (tertiary/aromatic N) is 2. The first kappa shape index (κ1) is 17.1. The van der Waals surface area contributed by atoms with Gasteiger partial charge in [-0.15, -0.1) is 0 Å². The van der Waals surface area contributed by atoms with Gasteiger partial charge in [-0.1, -0.05) is 12.8 Å². The van der Waals surface area contributed by atoms with Crippen LogP contribution in [0.25, 0.3) is 0 Å². The van der Waals surface area contributed by atoms with Crippen LogP contribution >= 0.6 is 0 Å². The summed E-state index contributed by atoms with van der Waals surface area (Å²) in [4.78, 5) is 18.4. The van der Waals surface area contributed by atoms with Crippen LogP contribution in [0.2, 0.25) is 0 Å². The number of aliphatic hydroxyl groups is 1. The molecule has 1 aromatic heterocycles. The third-order valence-electron chi connectivity index (χ3n) is 5.04. The monoisotopic (exact) mass is 340 g/mol. The number of pyridine rings is 1. The van der Waals surface area contributed by atoms with Crippen LogP contribution in [0.4, 0.5) is 8.78 Å². The van der Waals surface area contributed by atoms with Gasteiger partial charge in [0.05, 0.1) is 5.60 Å². The van der Waals surface area contributed by atoms with E-state index in [1.54, 1.807) is 4.90 Å². The van der Waals surface area contributed by atoms with E-state index in [-0.39, 0.29) is 23.3 Å². The highest BCUT2D eigenvalue weighted by Gasteiger charge is 2.43. The summed E-state index contributed by atoms with van der Waals surface area (Å²) in [6.07, 6.45) is 3.22. The number of ether oxygens (including phenoxy) is 1. The number of carbonyl (C=O) groups is 1. The number of aromatic nitrogens is 1. The largest absolute Gasteiger partial charge is 0.488 e. The normalized spacial score (nSPS) is 27.0. The lowest BCUT2D eigenvalue weighted by Gasteiger charge is -2.47. The van der Waals surface area contributed by atoms with Crippen molar-refractivity contribution in [1.82, 2.24) is 9.88 Å². The van der Waals surface area contributed by atoms with E-state index in [1.165, 1.54) is 18.3 Å². The van der Waals surface area contributed by atoms with Crippen LogP contribution in [0.1, 0.15) is 42.6 Å². The fourth-order valence-electron chi connectivity index (χ4n) is 3.69. The number of carbonyl (C=O) groups excluding carboxylic acids is 1. The lowest BCUT2D eigenvalue weighted by molar-refractivity contribution is -0.0886. The van der Waals surface area contributed by atoms with Crippen LogP contribution in [0, 0.1) is 5.92 Å². The zero-order chi connectivity index (χ0) is 17.2. The SMILES string of the molecule is O=C(c1cc(OCC(F)F)ccn1)N1CCC2(O)CCCCC2C1. The molecule has 3 rings (SSSR count). The van der Waals surface area contributed by atoms with Crippen molar-refractivity contribution < 1.29 is 23.4 Å². The Labute approximate surface area is 139 Å². The minimum atomic E-state index is -2.57. The second-order valence-electron chi connectivity index (χ2n) is 6.63. The number of piperidine rings is 1. The van der Waals surface area contributed by atoms with Crippen molar-refractivity contribution in [2.24, 2.45) is 5.92 Å². The smallest absolute Gasteiger partial charge is 0.272 e. The Kier molecular flexibility index (Phi) is 4.99. The summed E-state index contributed by atoms with van der Waals surface area (Å²) in [5.74, 6) is 0.0622. The van der Waals surface area contributed by atoms with Crippen LogP contribution in [-0.2, 0) is 0 Å². The first-order valence-electron chi connectivity index (χ1n) is 8.36. The average Bonchev–Trinajstić information content (AvgIpc) is 2.59. The highest BCUT2D eigenvalue weighted by Crippen LogP contribution is 2.40. The molecule has 24 heavy (non-hydrogen) atoms. The molecule has 2 aliphatic rings. The number of likely N-dealkylation sites (tertiary alicyclic amines) is 1. The van der Waals surface area contributed by atoms with Crippen molar-refractivity contribution in [3.05, 3.63) is 24.0 Å². The fraction of sp³-hybridized carbons (Fsp3) is 0.647. The number of halogens is 2. The van der Waals surface area contributed by atoms with Gasteiger partial charge in [-0.3, -0.25) is 9.78 Å². The van der Waals surface area contributed by atoms with Crippen LogP contribution < -0.4 is 4.74 Å². The van der Waals surface area contributed by atoms with E-state index in [0.29, 0.717) is 19.5 Å². The Bertz CT molecular complexity index is 599. The molecule has 1 aliphatic carbocycles. The second-order valence-corrected chi connectivity index (χ2v) is 6.63. The molecule has 2 unspecified atom stereocenters. The molecule has 7 heteroatoms. The van der Waals surface area contributed by atoms with Gasteiger partial charge in [-0.05, 0) is 25.3 Å². The molecule has 0 spiro atoms. The van der Waals surface area contributed by atoms with Crippen LogP contribution in [-0.4, -0.2) is 52.6 Å². The molecule has 1 N–H and O–H groups in total. The van der Waals surface area contributed by atoms with E-state index >= 15 is 0 Å². The number of rotatable bonds is 4. The molecule has 1 aliphatic heterocycles. The number of alkyl halides is 2. The van der Waals surface area contributed by atoms with Crippen molar-refractivity contribution in [1.29, 1.82) is 0 Å². The number of fused-ring (bicyclic) bond motifs is 1. The van der Waals surface area contributed by atoms with Crippen molar-refractivity contribution in [2.75, 3.05) is 19.7 Å². The Morgan fingerprint density at radius 2 is 2.29 bits per heavy atom. The van der Waals surface area contributed by atoms with Crippen LogP contribution in [0.15, 0.2) is 18.3 Å². The first-order chi connectivity index (χ1) is 11.5. The Morgan fingerprint density at radius 3 is 3.08 bits per heavy atom. The molecule has 2 atom stereocenters. The van der Waals surface area contributed by atoms with Gasteiger partial charge in [0.1, 0.15) is 18.1 Å². The van der Waals surface area contributed by atoms with Gasteiger partial charge in [-0.2, -0.15) is 0 Å². The summed E-state index contributed by atoms with van der Waals surface area (Å²) in [7, 11) is 0. The van der Waals surface area contributed by atoms with Gasteiger partial charge in [0.25, 0.3) is 12.3 Å². The highest BCUT2D eigenvalue weighted by atomic mass is 19.3. The Balaban J connectivity index is 1.67. The fourth-order valence-corrected chi connectivity index (χ4v) is 3.69. The van der Waals surface area contributed by atoms with Gasteiger partial charge < -0.3 is 14.7 Å². The maximum atomic E-state index is 12.6. The quantitative estimate of drug-likeness (QED) is 0.915. The molecular formula is C17H22F2N2O3. The topological polar surface area (TPSA) is 62.7 Å². The van der Waals surface area contributed by atoms with E-state index in [0.717, 1.165) is 25.7 Å². The third kappa shape index (κ3) is 3.66. The van der Waals surface area contributed by atoms with Gasteiger partial charge in [0.15, 0.2) is 0 Å². The van der Waals surface area contributed by atoms with E-state index in [4.69, 9.17) is 4.74 Å². The molecule has 0 bridgehead atoms. The summed E-state index contributed by atoms with van der Waals surface area (Å²) in [5.41, 5.74) is -0.465. The lowest BCUT2D eigenvalue weighted by Crippen LogP contribution is -2.54. The summed E-state index contributed by atoms with van der Waals surface area (Å²) >= 11 is 0. The minimum Gasteiger partial charge on any atom is -0.488 e. The zero-order valence-corrected chi connectivity index (χ0v) is 13.5. The highest BCUT2D eigenvalue weighted by molar-refractivity contribution is 5.92. The van der Waals surface area contributed by atoms with E-state index < -0.39 is 18.6 Å². The standard InChI is InChI=1S/C17H22F2N2O3/c18-15(19)11-24-13-4-7-20-14(9-13)16(22)21-8-6-17(23)5-2-1-3-12(17)10-21/h4,7,9,12,15,23H,1-3,5-6,8,10-11H2. The number of hydrogen-bond acceptors (Lipinski definition) is 4. The summed E-state index contributed by atoms with van der Waals surface area (Å²) in [6.45, 7) is 0.283. The number of amides is 1. The molecule has 0 radical (unpaired) electrons. The zero-order valence-electron chi connectivity index (χ0n) is 13.5. The maximum absolute atomic E-state index is 12.6. The van der Waals surface area contributed by atoms with Crippen LogP contribution in [0.5, 0.6) is 5.75 Å². The molecule has 1 amide bonds. The minimum absolute atomic E-state index is 0.0993. The van der Waals surface area contributed by atoms with Crippen molar-refractivity contribution >= 4 is 5.91 Å². The molecule has 0 aromatic carbocycles. The molecule has 132 valence electrons. The molecule has 1 saturated carbocycles. The van der Waals surface area contributed by atoms with Crippen LogP contribution in [0.3, 0.4) is 0 Å². The molecule has 2 heterocycles. The van der Waals surface area contributed by atoms with Gasteiger partial charge in [0, 0.05) is 31.3 Å². The molecular weight excluding hydrogens is 318 g/mol. The maximum Gasteiger partial charge on any atom is 0.272 e. The second kappa shape index (κ2) is 7.01. The van der Waals surface area contributed by atoms with Crippen molar-refractivity contribution in [3.63, 3.8) is 0 Å². The third-order valence-corrected chi connectivity index (χ3v) is 5.04. The van der Waals surface area contributed by atoms with E-state index in [2.05, 4.69) is 4.98 Å². The van der Waals surface area contributed by atoms with Gasteiger partial charge in [-0.25, -0.2) is 8.78 Å². The predicted octanol–water partition coefficient (Wildman–Crippen LogP) is 2.49. The van der Waals surface area contributed by atoms with E-state index in [9.17, 15) is 18.7 Å². The summed E-state index contributed by atoms with van der Waals surface area (Å²) in [6, 6.07) is 2.85. The number of hydrogen-bond donors (Lipinski definition) is 1. The summed E-state index contributed by atoms with van der Waals surface area (Å²) in [5, 5.41) is 10.7. The summed E-state index contributed by atoms with van der Waals surface area (Å²) < 4.78 is 29.4. The van der Waals surface area contributed by atoms with Gasteiger partial charge in [0.2, 0.25) is 0 Å². The Morgan fingerprint density at radius 1 is 1.46 bits per heavy atom. The predicted molar refractivity (Wildman–Crippen MR) is 83.2 cm³/mol. The molecule has 2 fully saturated rings. The first-order valence-corrected chi connectivity index (χ1v) is 8.36. The Hall–Kier alpha value is -1.76. The van der Waals surface area contributed by atoms with E-state index in [1.807, 2.05) is 0 Å². The molecule has 5 nitrogen and oxygen atoms in total. The average molecular weight is 340 g/mol. The van der Waals surface area contributed by atoms with Gasteiger partial charge >= 0.3 is 0 Å². The molecule has 1 saturated heterocycles. The van der Waals surface area contributed by atoms with Crippen molar-refractivity contribution in [3.8, 4) is 5.75 Å². The van der Waals surface area contributed by atoms with Crippen molar-refractivity contribution in [2.45, 2.75) is 44.1 Å². The molecule has 1 aromatic rings.